The summed E-state index contributed by atoms with van der Waals surface area (Å²) in [5.74, 6) is 0. The summed E-state index contributed by atoms with van der Waals surface area (Å²) in [6.07, 6.45) is 11.0. The van der Waals surface area contributed by atoms with Crippen molar-refractivity contribution in [3.8, 4) is 0 Å². The van der Waals surface area contributed by atoms with Crippen LogP contribution in [0.3, 0.4) is 0 Å². The molecule has 1 rings (SSSR count). The molecule has 0 aromatic carbocycles. The average Bonchev–Trinajstić information content (AvgIpc) is 2.63. The van der Waals surface area contributed by atoms with Crippen LogP contribution in [-0.4, -0.2) is 12.8 Å². The van der Waals surface area contributed by atoms with Crippen molar-refractivity contribution in [1.29, 1.82) is 0 Å². The predicted octanol–water partition coefficient (Wildman–Crippen LogP) is 4.84. The molecule has 0 amide bonds. The van der Waals surface area contributed by atoms with Gasteiger partial charge < -0.3 is 0 Å². The third-order valence-corrected chi connectivity index (χ3v) is 9.99. The normalized spacial score (nSPS) is 13.6. The van der Waals surface area contributed by atoms with Crippen molar-refractivity contribution in [1.82, 2.24) is 0 Å². The van der Waals surface area contributed by atoms with Crippen molar-refractivity contribution in [2.24, 2.45) is 0 Å². The first kappa shape index (κ1) is 16.4. The Morgan fingerprint density at radius 3 is 1.69 bits per heavy atom. The number of rotatable bonds is 1. The molecule has 78 valence electrons. The van der Waals surface area contributed by atoms with Gasteiger partial charge in [0.2, 0.25) is 0 Å². The summed E-state index contributed by atoms with van der Waals surface area (Å²) in [5.41, 5.74) is 0. The Morgan fingerprint density at radius 2 is 1.54 bits per heavy atom. The maximum absolute atomic E-state index is 4.64. The molecule has 1 aliphatic carbocycles. The third-order valence-electron chi connectivity index (χ3n) is 1.73. The van der Waals surface area contributed by atoms with Gasteiger partial charge in [-0.2, -0.15) is 0 Å². The molecule has 0 saturated heterocycles. The first-order chi connectivity index (χ1) is 6.11. The van der Waals surface area contributed by atoms with Gasteiger partial charge in [0.05, 0.1) is 0 Å². The monoisotopic (exact) mass is 390 g/mol. The number of alkyl halides is 2. The van der Waals surface area contributed by atoms with Crippen LogP contribution in [0.25, 0.3) is 0 Å². The average molecular weight is 390 g/mol. The Kier molecular flexibility index (Phi) is 11.9. The minimum absolute atomic E-state index is 1.26. The van der Waals surface area contributed by atoms with E-state index in [1.54, 1.807) is 3.33 Å². The van der Waals surface area contributed by atoms with Crippen molar-refractivity contribution >= 4 is 23.2 Å². The van der Waals surface area contributed by atoms with Crippen LogP contribution in [0.5, 0.6) is 0 Å². The van der Waals surface area contributed by atoms with E-state index in [0.29, 0.717) is 0 Å². The predicted molar refractivity (Wildman–Crippen MR) is 63.0 cm³/mol. The van der Waals surface area contributed by atoms with Crippen molar-refractivity contribution < 1.29 is 20.0 Å². The SMILES string of the molecule is CCl.CCl.[CH3][Hf]([CH3])([CH3])[C]1=CC=CC1. The van der Waals surface area contributed by atoms with Gasteiger partial charge in [-0.05, 0) is 0 Å². The Labute approximate surface area is 97.3 Å². The van der Waals surface area contributed by atoms with Crippen molar-refractivity contribution in [3.05, 3.63) is 21.6 Å². The molecule has 1 aliphatic rings. The zero-order chi connectivity index (χ0) is 10.9. The van der Waals surface area contributed by atoms with E-state index in [9.17, 15) is 0 Å². The minimum atomic E-state index is -1.71. The maximum atomic E-state index is 4.64. The van der Waals surface area contributed by atoms with E-state index in [-0.39, 0.29) is 0 Å². The Bertz CT molecular complexity index is 166. The molecule has 0 atom stereocenters. The summed E-state index contributed by atoms with van der Waals surface area (Å²) in [6.45, 7) is 0. The molecule has 0 bridgehead atoms. The van der Waals surface area contributed by atoms with E-state index >= 15 is 0 Å². The van der Waals surface area contributed by atoms with E-state index in [0.717, 1.165) is 0 Å². The van der Waals surface area contributed by atoms with Gasteiger partial charge in [0.1, 0.15) is 0 Å². The van der Waals surface area contributed by atoms with Gasteiger partial charge in [-0.3, -0.25) is 0 Å². The zero-order valence-corrected chi connectivity index (χ0v) is 14.3. The first-order valence-corrected chi connectivity index (χ1v) is 18.3. The standard InChI is InChI=1S/C5H5.2CH3Cl.3CH3.Hf/c1-2-4-5-3-1;2*1-2;;;;/h1-3H,4H2;2*1H3;3*1H3;. The van der Waals surface area contributed by atoms with E-state index in [2.05, 4.69) is 55.5 Å². The van der Waals surface area contributed by atoms with E-state index < -0.39 is 20.0 Å². The van der Waals surface area contributed by atoms with Crippen LogP contribution in [-0.2, 0) is 20.0 Å². The summed E-state index contributed by atoms with van der Waals surface area (Å²) >= 11 is 7.57. The van der Waals surface area contributed by atoms with Crippen LogP contribution in [0.2, 0.25) is 14.0 Å². The quantitative estimate of drug-likeness (QED) is 0.445. The number of halogens is 2. The number of hydrogen-bond acceptors (Lipinski definition) is 0. The topological polar surface area (TPSA) is 0 Å². The summed E-state index contributed by atoms with van der Waals surface area (Å²) in [5, 5.41) is 0. The van der Waals surface area contributed by atoms with Gasteiger partial charge >= 0.3 is 62.0 Å². The Balaban J connectivity index is 0. The van der Waals surface area contributed by atoms with Crippen LogP contribution in [0, 0.1) is 0 Å². The van der Waals surface area contributed by atoms with E-state index in [1.807, 2.05) is 0 Å². The molecule has 0 N–H and O–H groups in total. The molecule has 0 saturated carbocycles. The van der Waals surface area contributed by atoms with Crippen molar-refractivity contribution in [2.75, 3.05) is 12.8 Å². The molecule has 0 spiro atoms. The van der Waals surface area contributed by atoms with E-state index in [1.165, 1.54) is 19.2 Å². The summed E-state index contributed by atoms with van der Waals surface area (Å²) in [6, 6.07) is 0. The zero-order valence-electron chi connectivity index (χ0n) is 9.20. The summed E-state index contributed by atoms with van der Waals surface area (Å²) < 4.78 is 9.20. The Hall–Kier alpha value is 0.930. The van der Waals surface area contributed by atoms with Crippen molar-refractivity contribution in [3.63, 3.8) is 0 Å². The van der Waals surface area contributed by atoms with Crippen molar-refractivity contribution in [2.45, 2.75) is 20.5 Å². The van der Waals surface area contributed by atoms with Gasteiger partial charge in [-0.15, -0.1) is 23.2 Å². The second-order valence-corrected chi connectivity index (χ2v) is 22.0. The van der Waals surface area contributed by atoms with Crippen LogP contribution in [0.15, 0.2) is 21.6 Å². The van der Waals surface area contributed by atoms with Crippen LogP contribution in [0.4, 0.5) is 0 Å². The second kappa shape index (κ2) is 9.48. The van der Waals surface area contributed by atoms with Crippen LogP contribution in [0.1, 0.15) is 6.42 Å². The van der Waals surface area contributed by atoms with Gasteiger partial charge in [-0.1, -0.05) is 0 Å². The molecule has 0 aromatic heterocycles. The fraction of sp³-hybridized carbons (Fsp3) is 0.600. The molecule has 0 radical (unpaired) electrons. The van der Waals surface area contributed by atoms with Gasteiger partial charge in [0.15, 0.2) is 0 Å². The molecular formula is C10H20Cl2Hf. The van der Waals surface area contributed by atoms with Crippen LogP contribution >= 0.6 is 23.2 Å². The molecular weight excluding hydrogens is 370 g/mol. The van der Waals surface area contributed by atoms with Gasteiger partial charge in [0, 0.05) is 12.8 Å². The molecule has 0 unspecified atom stereocenters. The van der Waals surface area contributed by atoms with E-state index in [4.69, 9.17) is 0 Å². The third kappa shape index (κ3) is 7.96. The molecule has 13 heavy (non-hydrogen) atoms. The molecule has 0 nitrogen and oxygen atoms in total. The van der Waals surface area contributed by atoms with Gasteiger partial charge in [-0.25, -0.2) is 0 Å². The number of hydrogen-bond donors (Lipinski definition) is 0. The molecule has 0 heterocycles. The second-order valence-electron chi connectivity index (χ2n) is 3.57. The number of allylic oxidation sites excluding steroid dienone is 4. The fourth-order valence-electron chi connectivity index (χ4n) is 1.00. The Morgan fingerprint density at radius 1 is 1.08 bits per heavy atom. The fourth-order valence-corrected chi connectivity index (χ4v) is 5.77. The molecule has 0 aliphatic heterocycles. The summed E-state index contributed by atoms with van der Waals surface area (Å²) in [7, 11) is 0. The molecule has 0 fully saturated rings. The van der Waals surface area contributed by atoms with Gasteiger partial charge in [0.25, 0.3) is 0 Å². The first-order valence-electron chi connectivity index (χ1n) is 4.22. The summed E-state index contributed by atoms with van der Waals surface area (Å²) in [4.78, 5) is 0. The molecule has 3 heteroatoms. The van der Waals surface area contributed by atoms with Crippen LogP contribution < -0.4 is 0 Å². The molecule has 0 aromatic rings.